The largest absolute Gasteiger partial charge is 0.380 e. The van der Waals surface area contributed by atoms with Gasteiger partial charge in [0.25, 0.3) is 0 Å². The van der Waals surface area contributed by atoms with Crippen molar-refractivity contribution in [3.63, 3.8) is 0 Å². The minimum absolute atomic E-state index is 0.00981. The molecule has 0 aliphatic carbocycles. The number of hydrogen-bond donors (Lipinski definition) is 1. The molecule has 0 heterocycles. The number of benzene rings is 1. The van der Waals surface area contributed by atoms with Crippen LogP contribution in [-0.2, 0) is 4.74 Å². The van der Waals surface area contributed by atoms with Crippen LogP contribution in [0.3, 0.4) is 0 Å². The van der Waals surface area contributed by atoms with Crippen molar-refractivity contribution in [3.05, 3.63) is 29.0 Å². The molecule has 84 valence electrons. The summed E-state index contributed by atoms with van der Waals surface area (Å²) in [5.41, 5.74) is 0.329. The van der Waals surface area contributed by atoms with Gasteiger partial charge in [-0.1, -0.05) is 17.7 Å². The zero-order valence-electron chi connectivity index (χ0n) is 9.05. The summed E-state index contributed by atoms with van der Waals surface area (Å²) in [6.07, 6.45) is -0.0133. The molecule has 4 heteroatoms. The Bertz CT molecular complexity index is 312. The Morgan fingerprint density at radius 1 is 1.40 bits per heavy atom. The van der Waals surface area contributed by atoms with E-state index in [0.717, 1.165) is 0 Å². The third kappa shape index (κ3) is 3.08. The van der Waals surface area contributed by atoms with Crippen LogP contribution in [0.5, 0.6) is 0 Å². The van der Waals surface area contributed by atoms with E-state index in [0.29, 0.717) is 10.7 Å². The Balaban J connectivity index is 2.80. The molecular formula is C11H15ClFNO. The Labute approximate surface area is 94.4 Å². The lowest BCUT2D eigenvalue weighted by molar-refractivity contribution is 0.106. The molecule has 0 amide bonds. The van der Waals surface area contributed by atoms with Crippen LogP contribution in [0.4, 0.5) is 10.1 Å². The summed E-state index contributed by atoms with van der Waals surface area (Å²) in [5, 5.41) is 3.38. The van der Waals surface area contributed by atoms with E-state index in [1.807, 2.05) is 13.8 Å². The average molecular weight is 232 g/mol. The number of rotatable bonds is 4. The normalized spacial score (nSPS) is 14.7. The molecule has 1 rings (SSSR count). The van der Waals surface area contributed by atoms with Crippen LogP contribution in [0.1, 0.15) is 13.8 Å². The maximum Gasteiger partial charge on any atom is 0.147 e. The molecule has 1 N–H and O–H groups in total. The lowest BCUT2D eigenvalue weighted by atomic mass is 10.2. The van der Waals surface area contributed by atoms with Crippen molar-refractivity contribution >= 4 is 17.3 Å². The second-order valence-corrected chi connectivity index (χ2v) is 3.88. The topological polar surface area (TPSA) is 21.3 Å². The third-order valence-electron chi connectivity index (χ3n) is 2.41. The smallest absolute Gasteiger partial charge is 0.147 e. The van der Waals surface area contributed by atoms with Crippen LogP contribution in [-0.4, -0.2) is 19.3 Å². The van der Waals surface area contributed by atoms with Gasteiger partial charge in [0.1, 0.15) is 5.82 Å². The molecule has 0 radical (unpaired) electrons. The molecule has 15 heavy (non-hydrogen) atoms. The Morgan fingerprint density at radius 3 is 2.60 bits per heavy atom. The van der Waals surface area contributed by atoms with Gasteiger partial charge in [0.15, 0.2) is 0 Å². The molecule has 2 atom stereocenters. The summed E-state index contributed by atoms with van der Waals surface area (Å²) in [7, 11) is 1.62. The zero-order chi connectivity index (χ0) is 11.4. The molecule has 1 aromatic carbocycles. The minimum Gasteiger partial charge on any atom is -0.380 e. The van der Waals surface area contributed by atoms with Gasteiger partial charge >= 0.3 is 0 Å². The number of anilines is 1. The molecule has 0 aliphatic rings. The standard InChI is InChI=1S/C11H15ClFNO/c1-7(8(2)15-3)14-11-9(12)5-4-6-10(11)13/h4-8,14H,1-3H3. The van der Waals surface area contributed by atoms with Crippen LogP contribution in [0.25, 0.3) is 0 Å². The van der Waals surface area contributed by atoms with Crippen LogP contribution in [0, 0.1) is 5.82 Å². The summed E-state index contributed by atoms with van der Waals surface area (Å²) in [6, 6.07) is 4.59. The predicted octanol–water partition coefficient (Wildman–Crippen LogP) is 3.31. The monoisotopic (exact) mass is 231 g/mol. The van der Waals surface area contributed by atoms with Gasteiger partial charge in [0.05, 0.1) is 16.8 Å². The highest BCUT2D eigenvalue weighted by Gasteiger charge is 2.14. The van der Waals surface area contributed by atoms with E-state index < -0.39 is 0 Å². The van der Waals surface area contributed by atoms with Gasteiger partial charge in [-0.25, -0.2) is 4.39 Å². The number of ether oxygens (including phenoxy) is 1. The van der Waals surface area contributed by atoms with Crippen molar-refractivity contribution in [2.24, 2.45) is 0 Å². The number of hydrogen-bond acceptors (Lipinski definition) is 2. The highest BCUT2D eigenvalue weighted by Crippen LogP contribution is 2.25. The summed E-state index contributed by atoms with van der Waals surface area (Å²) in [6.45, 7) is 3.82. The molecule has 1 aromatic rings. The van der Waals surface area contributed by atoms with E-state index >= 15 is 0 Å². The van der Waals surface area contributed by atoms with Crippen LogP contribution in [0.15, 0.2) is 18.2 Å². The van der Waals surface area contributed by atoms with Crippen molar-refractivity contribution in [2.75, 3.05) is 12.4 Å². The van der Waals surface area contributed by atoms with E-state index in [1.54, 1.807) is 19.2 Å². The maximum atomic E-state index is 13.4. The summed E-state index contributed by atoms with van der Waals surface area (Å²) in [4.78, 5) is 0. The summed E-state index contributed by atoms with van der Waals surface area (Å²) < 4.78 is 18.5. The molecule has 0 spiro atoms. The zero-order valence-corrected chi connectivity index (χ0v) is 9.81. The van der Waals surface area contributed by atoms with E-state index in [-0.39, 0.29) is 18.0 Å². The van der Waals surface area contributed by atoms with Crippen molar-refractivity contribution < 1.29 is 9.13 Å². The van der Waals surface area contributed by atoms with Gasteiger partial charge in [-0.2, -0.15) is 0 Å². The first kappa shape index (κ1) is 12.3. The molecule has 2 unspecified atom stereocenters. The Kier molecular flexibility index (Phi) is 4.36. The van der Waals surface area contributed by atoms with E-state index in [1.165, 1.54) is 6.07 Å². The minimum atomic E-state index is -0.349. The second-order valence-electron chi connectivity index (χ2n) is 3.47. The maximum absolute atomic E-state index is 13.4. The Hall–Kier alpha value is -0.800. The van der Waals surface area contributed by atoms with Crippen molar-refractivity contribution in [1.29, 1.82) is 0 Å². The fourth-order valence-electron chi connectivity index (χ4n) is 1.18. The number of halogens is 2. The molecule has 0 saturated carbocycles. The van der Waals surface area contributed by atoms with Crippen molar-refractivity contribution in [2.45, 2.75) is 26.0 Å². The van der Waals surface area contributed by atoms with Gasteiger partial charge in [-0.3, -0.25) is 0 Å². The second kappa shape index (κ2) is 5.33. The number of para-hydroxylation sites is 1. The van der Waals surface area contributed by atoms with Crippen molar-refractivity contribution in [1.82, 2.24) is 0 Å². The molecule has 0 saturated heterocycles. The first-order valence-corrected chi connectivity index (χ1v) is 5.17. The SMILES string of the molecule is COC(C)C(C)Nc1c(F)cccc1Cl. The van der Waals surface area contributed by atoms with Gasteiger partial charge < -0.3 is 10.1 Å². The summed E-state index contributed by atoms with van der Waals surface area (Å²) in [5.74, 6) is -0.349. The van der Waals surface area contributed by atoms with Crippen LogP contribution < -0.4 is 5.32 Å². The molecule has 2 nitrogen and oxygen atoms in total. The van der Waals surface area contributed by atoms with Gasteiger partial charge in [0.2, 0.25) is 0 Å². The highest BCUT2D eigenvalue weighted by molar-refractivity contribution is 6.33. The van der Waals surface area contributed by atoms with Gasteiger partial charge in [0, 0.05) is 13.2 Å². The summed E-state index contributed by atoms with van der Waals surface area (Å²) >= 11 is 5.88. The van der Waals surface area contributed by atoms with E-state index in [2.05, 4.69) is 5.32 Å². The molecular weight excluding hydrogens is 217 g/mol. The highest BCUT2D eigenvalue weighted by atomic mass is 35.5. The Morgan fingerprint density at radius 2 is 2.07 bits per heavy atom. The average Bonchev–Trinajstić information content (AvgIpc) is 2.22. The van der Waals surface area contributed by atoms with Crippen molar-refractivity contribution in [3.8, 4) is 0 Å². The van der Waals surface area contributed by atoms with Crippen LogP contribution >= 0.6 is 11.6 Å². The van der Waals surface area contributed by atoms with E-state index in [4.69, 9.17) is 16.3 Å². The van der Waals surface area contributed by atoms with Gasteiger partial charge in [-0.15, -0.1) is 0 Å². The molecule has 0 bridgehead atoms. The number of methoxy groups -OCH3 is 1. The fraction of sp³-hybridized carbons (Fsp3) is 0.455. The lowest BCUT2D eigenvalue weighted by Gasteiger charge is -2.21. The quantitative estimate of drug-likeness (QED) is 0.859. The van der Waals surface area contributed by atoms with E-state index in [9.17, 15) is 4.39 Å². The first-order chi connectivity index (χ1) is 7.06. The van der Waals surface area contributed by atoms with Gasteiger partial charge in [-0.05, 0) is 26.0 Å². The van der Waals surface area contributed by atoms with Crippen LogP contribution in [0.2, 0.25) is 5.02 Å². The molecule has 0 aromatic heterocycles. The third-order valence-corrected chi connectivity index (χ3v) is 2.73. The molecule has 0 aliphatic heterocycles. The lowest BCUT2D eigenvalue weighted by Crippen LogP contribution is -2.30. The first-order valence-electron chi connectivity index (χ1n) is 4.79. The predicted molar refractivity (Wildman–Crippen MR) is 61.0 cm³/mol. The molecule has 0 fully saturated rings. The number of nitrogens with one attached hydrogen (secondary N) is 1. The fourth-order valence-corrected chi connectivity index (χ4v) is 1.40.